The highest BCUT2D eigenvalue weighted by molar-refractivity contribution is 6.36. The largest absolute Gasteiger partial charge is 0.290 e. The van der Waals surface area contributed by atoms with Gasteiger partial charge in [-0.25, -0.2) is 0 Å². The van der Waals surface area contributed by atoms with Crippen molar-refractivity contribution in [1.82, 2.24) is 9.78 Å². The van der Waals surface area contributed by atoms with Crippen molar-refractivity contribution in [2.45, 2.75) is 13.0 Å². The minimum atomic E-state index is -0.492. The molecular weight excluding hydrogens is 275 g/mol. The molecular formula is C11H11Cl2N4O+. The first-order chi connectivity index (χ1) is 8.49. The highest BCUT2D eigenvalue weighted by Crippen LogP contribution is 2.24. The third-order valence-corrected chi connectivity index (χ3v) is 3.09. The standard InChI is InChI=1S/C11H11Cl2N4O/c1-7(17-6-16(14)5-15-17)11(18)9-3-2-8(12)4-10(9)13/h2-7H,14H2,1H3/q+1/t7-/m0/s1. The van der Waals surface area contributed by atoms with E-state index in [0.29, 0.717) is 15.6 Å². The lowest BCUT2D eigenvalue weighted by Gasteiger charge is -2.07. The number of carbonyl (C=O) groups excluding carboxylic acids is 1. The summed E-state index contributed by atoms with van der Waals surface area (Å²) in [5.41, 5.74) is 0.410. The maximum atomic E-state index is 12.2. The molecule has 0 fully saturated rings. The molecule has 5 nitrogen and oxygen atoms in total. The molecule has 1 atom stereocenters. The first-order valence-electron chi connectivity index (χ1n) is 5.19. The number of ketones is 1. The van der Waals surface area contributed by atoms with Crippen LogP contribution in [0.2, 0.25) is 10.0 Å². The van der Waals surface area contributed by atoms with Crippen LogP contribution in [0, 0.1) is 0 Å². The lowest BCUT2D eigenvalue weighted by atomic mass is 10.1. The van der Waals surface area contributed by atoms with Crippen LogP contribution >= 0.6 is 23.2 Å². The van der Waals surface area contributed by atoms with Gasteiger partial charge in [-0.15, -0.1) is 9.36 Å². The number of Topliss-reactive ketones (excluding diaryl/α,β-unsaturated/α-hetero) is 1. The van der Waals surface area contributed by atoms with Crippen molar-refractivity contribution in [3.8, 4) is 0 Å². The van der Waals surface area contributed by atoms with Gasteiger partial charge in [0.1, 0.15) is 0 Å². The Hall–Kier alpha value is -1.59. The summed E-state index contributed by atoms with van der Waals surface area (Å²) in [6.07, 6.45) is 2.93. The smallest absolute Gasteiger partial charge is 0.286 e. The molecule has 1 aromatic heterocycles. The van der Waals surface area contributed by atoms with Crippen LogP contribution in [-0.2, 0) is 0 Å². The molecule has 7 heteroatoms. The van der Waals surface area contributed by atoms with E-state index >= 15 is 0 Å². The zero-order chi connectivity index (χ0) is 13.3. The van der Waals surface area contributed by atoms with Crippen molar-refractivity contribution in [1.29, 1.82) is 0 Å². The number of aromatic nitrogens is 3. The Morgan fingerprint density at radius 3 is 2.78 bits per heavy atom. The Bertz CT molecular complexity index is 596. The van der Waals surface area contributed by atoms with Gasteiger partial charge in [0.2, 0.25) is 12.1 Å². The molecule has 0 aliphatic rings. The van der Waals surface area contributed by atoms with Gasteiger partial charge in [0.25, 0.3) is 6.33 Å². The zero-order valence-electron chi connectivity index (χ0n) is 9.55. The fourth-order valence-corrected chi connectivity index (χ4v) is 2.05. The van der Waals surface area contributed by atoms with Gasteiger partial charge >= 0.3 is 0 Å². The summed E-state index contributed by atoms with van der Waals surface area (Å²) in [7, 11) is 0. The number of hydrogen-bond acceptors (Lipinski definition) is 3. The molecule has 18 heavy (non-hydrogen) atoms. The van der Waals surface area contributed by atoms with E-state index in [1.807, 2.05) is 0 Å². The molecule has 2 rings (SSSR count). The summed E-state index contributed by atoms with van der Waals surface area (Å²) in [6, 6.07) is 4.27. The molecule has 1 heterocycles. The highest BCUT2D eigenvalue weighted by atomic mass is 35.5. The van der Waals surface area contributed by atoms with Crippen molar-refractivity contribution in [3.63, 3.8) is 0 Å². The monoisotopic (exact) mass is 285 g/mol. The lowest BCUT2D eigenvalue weighted by molar-refractivity contribution is -0.639. The highest BCUT2D eigenvalue weighted by Gasteiger charge is 2.24. The Morgan fingerprint density at radius 2 is 2.22 bits per heavy atom. The number of halogens is 2. The molecule has 0 aliphatic carbocycles. The Balaban J connectivity index is 2.31. The number of hydrogen-bond donors (Lipinski definition) is 1. The van der Waals surface area contributed by atoms with Gasteiger partial charge in [-0.05, 0) is 25.1 Å². The summed E-state index contributed by atoms with van der Waals surface area (Å²) < 4.78 is 2.74. The molecule has 94 valence electrons. The average molecular weight is 286 g/mol. The van der Waals surface area contributed by atoms with Crippen molar-refractivity contribution in [2.24, 2.45) is 0 Å². The van der Waals surface area contributed by atoms with E-state index in [2.05, 4.69) is 5.10 Å². The van der Waals surface area contributed by atoms with Gasteiger partial charge in [0, 0.05) is 15.7 Å². The predicted octanol–water partition coefficient (Wildman–Crippen LogP) is 1.64. The van der Waals surface area contributed by atoms with Gasteiger partial charge in [-0.2, -0.15) is 0 Å². The second kappa shape index (κ2) is 4.96. The predicted molar refractivity (Wildman–Crippen MR) is 68.1 cm³/mol. The van der Waals surface area contributed by atoms with Crippen LogP contribution in [0.15, 0.2) is 30.9 Å². The van der Waals surface area contributed by atoms with E-state index in [1.165, 1.54) is 28.1 Å². The van der Waals surface area contributed by atoms with Crippen LogP contribution in [0.3, 0.4) is 0 Å². The minimum Gasteiger partial charge on any atom is -0.290 e. The van der Waals surface area contributed by atoms with Crippen molar-refractivity contribution < 1.29 is 9.47 Å². The molecule has 2 N–H and O–H groups in total. The first-order valence-corrected chi connectivity index (χ1v) is 5.94. The summed E-state index contributed by atoms with van der Waals surface area (Å²) in [5.74, 6) is 5.33. The Labute approximate surface area is 114 Å². The summed E-state index contributed by atoms with van der Waals surface area (Å²) in [5, 5.41) is 4.79. The molecule has 0 amide bonds. The van der Waals surface area contributed by atoms with Crippen molar-refractivity contribution in [3.05, 3.63) is 46.5 Å². The number of nitrogens with zero attached hydrogens (tertiary/aromatic N) is 3. The van der Waals surface area contributed by atoms with E-state index < -0.39 is 6.04 Å². The van der Waals surface area contributed by atoms with Crippen LogP contribution in [0.4, 0.5) is 0 Å². The minimum absolute atomic E-state index is 0.152. The van der Waals surface area contributed by atoms with Crippen LogP contribution in [0.5, 0.6) is 0 Å². The van der Waals surface area contributed by atoms with E-state index in [0.717, 1.165) is 0 Å². The van der Waals surface area contributed by atoms with Crippen LogP contribution < -0.4 is 10.5 Å². The van der Waals surface area contributed by atoms with Crippen LogP contribution in [0.25, 0.3) is 0 Å². The number of carbonyl (C=O) groups is 1. The number of nitrogens with two attached hydrogens (primary N) is 1. The van der Waals surface area contributed by atoms with E-state index in [-0.39, 0.29) is 5.78 Å². The van der Waals surface area contributed by atoms with Crippen LogP contribution in [-0.4, -0.2) is 15.6 Å². The van der Waals surface area contributed by atoms with E-state index in [9.17, 15) is 4.79 Å². The fraction of sp³-hybridized carbons (Fsp3) is 0.182. The third-order valence-electron chi connectivity index (χ3n) is 2.54. The molecule has 2 aromatic rings. The normalized spacial score (nSPS) is 12.4. The number of rotatable bonds is 3. The summed E-state index contributed by atoms with van der Waals surface area (Å²) >= 11 is 11.8. The molecule has 1 aromatic carbocycles. The van der Waals surface area contributed by atoms with Gasteiger partial charge in [-0.3, -0.25) is 10.6 Å². The van der Waals surface area contributed by atoms with Gasteiger partial charge in [0.05, 0.1) is 5.02 Å². The van der Waals surface area contributed by atoms with E-state index in [1.54, 1.807) is 19.1 Å². The number of benzene rings is 1. The van der Waals surface area contributed by atoms with Gasteiger partial charge in [0.15, 0.2) is 6.04 Å². The zero-order valence-corrected chi connectivity index (χ0v) is 11.1. The fourth-order valence-electron chi connectivity index (χ4n) is 1.55. The SMILES string of the molecule is C[C@@H](C(=O)c1ccc(Cl)cc1Cl)n1c[n+](N)cn1. The average Bonchev–Trinajstić information content (AvgIpc) is 2.74. The van der Waals surface area contributed by atoms with Crippen molar-refractivity contribution in [2.75, 3.05) is 5.84 Å². The molecule has 0 unspecified atom stereocenters. The number of nitrogen functional groups attached to an aromatic ring is 1. The van der Waals surface area contributed by atoms with Crippen LogP contribution in [0.1, 0.15) is 23.3 Å². The maximum absolute atomic E-state index is 12.2. The second-order valence-electron chi connectivity index (χ2n) is 3.84. The molecule has 0 radical (unpaired) electrons. The Morgan fingerprint density at radius 1 is 1.50 bits per heavy atom. The second-order valence-corrected chi connectivity index (χ2v) is 4.68. The van der Waals surface area contributed by atoms with Gasteiger partial charge in [-0.1, -0.05) is 23.2 Å². The topological polar surface area (TPSA) is 64.8 Å². The first kappa shape index (κ1) is 12.9. The molecule has 0 saturated carbocycles. The quantitative estimate of drug-likeness (QED) is 0.530. The van der Waals surface area contributed by atoms with Crippen molar-refractivity contribution >= 4 is 29.0 Å². The third kappa shape index (κ3) is 2.47. The molecule has 0 aliphatic heterocycles. The summed E-state index contributed by atoms with van der Waals surface area (Å²) in [6.45, 7) is 1.72. The molecule has 0 bridgehead atoms. The Kier molecular flexibility index (Phi) is 3.54. The molecule has 0 saturated heterocycles. The lowest BCUT2D eigenvalue weighted by Crippen LogP contribution is -2.42. The maximum Gasteiger partial charge on any atom is 0.286 e. The van der Waals surface area contributed by atoms with E-state index in [4.69, 9.17) is 29.0 Å². The summed E-state index contributed by atoms with van der Waals surface area (Å²) in [4.78, 5) is 12.2. The molecule has 0 spiro atoms. The van der Waals surface area contributed by atoms with Gasteiger partial charge < -0.3 is 0 Å².